The van der Waals surface area contributed by atoms with Crippen LogP contribution < -0.4 is 15.5 Å². The van der Waals surface area contributed by atoms with Crippen LogP contribution in [0.3, 0.4) is 0 Å². The van der Waals surface area contributed by atoms with Crippen molar-refractivity contribution in [1.29, 1.82) is 5.26 Å². The van der Waals surface area contributed by atoms with Crippen molar-refractivity contribution in [2.45, 2.75) is 50.7 Å². The van der Waals surface area contributed by atoms with Crippen LogP contribution in [0.5, 0.6) is 0 Å². The lowest BCUT2D eigenvalue weighted by Crippen LogP contribution is -2.40. The number of amides is 1. The van der Waals surface area contributed by atoms with E-state index in [9.17, 15) is 4.79 Å². The molecule has 1 unspecified atom stereocenters. The van der Waals surface area contributed by atoms with Crippen LogP contribution in [0.15, 0.2) is 23.2 Å². The van der Waals surface area contributed by atoms with Crippen LogP contribution >= 0.6 is 0 Å². The molecule has 0 bridgehead atoms. The Balaban J connectivity index is 1.57. The zero-order valence-corrected chi connectivity index (χ0v) is 20.1. The molecular formula is C25H36N6O2. The molecule has 33 heavy (non-hydrogen) atoms. The molecule has 1 atom stereocenters. The Morgan fingerprint density at radius 3 is 2.73 bits per heavy atom. The van der Waals surface area contributed by atoms with Crippen molar-refractivity contribution >= 4 is 23.1 Å². The van der Waals surface area contributed by atoms with Gasteiger partial charge in [-0.05, 0) is 69.8 Å². The molecule has 3 aliphatic rings. The number of aliphatic imine (C=N–C) groups is 1. The van der Waals surface area contributed by atoms with E-state index in [0.29, 0.717) is 13.2 Å². The molecule has 0 radical (unpaired) electrons. The standard InChI is InChI=1S/C25H36N6O2/c1-18-7-11-31(12-8-18)22-15-19(25(9-4-10-25)33-14-13-30(2)3)5-6-21(22)29-24(32)23-27-17-20(16-26)28-23/h5-6,15,18,20H,4,7-14,17H2,1-3H3,(H,27,28)(H,29,32). The maximum atomic E-state index is 12.9. The summed E-state index contributed by atoms with van der Waals surface area (Å²) in [7, 11) is 4.12. The number of hydrogen-bond acceptors (Lipinski definition) is 7. The highest BCUT2D eigenvalue weighted by Crippen LogP contribution is 2.46. The normalized spacial score (nSPS) is 22.3. The first-order valence-electron chi connectivity index (χ1n) is 12.1. The van der Waals surface area contributed by atoms with Gasteiger partial charge in [0, 0.05) is 19.6 Å². The number of nitrogens with one attached hydrogen (secondary N) is 2. The van der Waals surface area contributed by atoms with Crippen LogP contribution in [0, 0.1) is 17.2 Å². The summed E-state index contributed by atoms with van der Waals surface area (Å²) in [6.45, 7) is 6.14. The Morgan fingerprint density at radius 1 is 1.36 bits per heavy atom. The summed E-state index contributed by atoms with van der Waals surface area (Å²) in [5.41, 5.74) is 2.80. The van der Waals surface area contributed by atoms with Gasteiger partial charge in [0.15, 0.2) is 5.84 Å². The quantitative estimate of drug-likeness (QED) is 0.630. The van der Waals surface area contributed by atoms with Gasteiger partial charge in [-0.25, -0.2) is 0 Å². The zero-order chi connectivity index (χ0) is 23.4. The van der Waals surface area contributed by atoms with E-state index in [2.05, 4.69) is 64.6 Å². The molecule has 1 amide bonds. The Morgan fingerprint density at radius 2 is 2.12 bits per heavy atom. The number of nitrogens with zero attached hydrogens (tertiary/aromatic N) is 4. The molecule has 8 heteroatoms. The summed E-state index contributed by atoms with van der Waals surface area (Å²) in [5.74, 6) is 0.647. The number of likely N-dealkylation sites (N-methyl/N-ethyl adjacent to an activating group) is 1. The van der Waals surface area contributed by atoms with Gasteiger partial charge in [0.2, 0.25) is 0 Å². The molecule has 2 heterocycles. The summed E-state index contributed by atoms with van der Waals surface area (Å²) in [6, 6.07) is 8.00. The minimum Gasteiger partial charge on any atom is -0.370 e. The number of carbonyl (C=O) groups is 1. The van der Waals surface area contributed by atoms with Gasteiger partial charge < -0.3 is 25.2 Å². The van der Waals surface area contributed by atoms with Crippen LogP contribution in [-0.2, 0) is 15.1 Å². The van der Waals surface area contributed by atoms with Crippen molar-refractivity contribution in [2.75, 3.05) is 57.1 Å². The van der Waals surface area contributed by atoms with Crippen molar-refractivity contribution in [3.05, 3.63) is 23.8 Å². The summed E-state index contributed by atoms with van der Waals surface area (Å²) < 4.78 is 6.44. The summed E-state index contributed by atoms with van der Waals surface area (Å²) in [6.07, 6.45) is 5.50. The molecule has 2 N–H and O–H groups in total. The largest absolute Gasteiger partial charge is 0.370 e. The van der Waals surface area contributed by atoms with Gasteiger partial charge in [-0.15, -0.1) is 0 Å². The number of nitriles is 1. The fourth-order valence-electron chi connectivity index (χ4n) is 4.70. The lowest BCUT2D eigenvalue weighted by molar-refractivity contribution is -0.110. The Labute approximate surface area is 197 Å². The van der Waals surface area contributed by atoms with Crippen molar-refractivity contribution in [1.82, 2.24) is 10.2 Å². The van der Waals surface area contributed by atoms with E-state index in [4.69, 9.17) is 10.00 Å². The van der Waals surface area contributed by atoms with E-state index >= 15 is 0 Å². The second-order valence-electron chi connectivity index (χ2n) is 9.87. The monoisotopic (exact) mass is 452 g/mol. The van der Waals surface area contributed by atoms with E-state index in [1.165, 1.54) is 12.0 Å². The van der Waals surface area contributed by atoms with Crippen LogP contribution in [0.4, 0.5) is 11.4 Å². The lowest BCUT2D eigenvalue weighted by atomic mass is 9.74. The molecule has 0 aromatic heterocycles. The van der Waals surface area contributed by atoms with Gasteiger partial charge in [-0.3, -0.25) is 9.79 Å². The zero-order valence-electron chi connectivity index (χ0n) is 20.1. The van der Waals surface area contributed by atoms with Gasteiger partial charge >= 0.3 is 0 Å². The van der Waals surface area contributed by atoms with Crippen molar-refractivity contribution in [3.8, 4) is 6.07 Å². The third-order valence-electron chi connectivity index (χ3n) is 7.09. The smallest absolute Gasteiger partial charge is 0.290 e. The fraction of sp³-hybridized carbons (Fsp3) is 0.640. The Kier molecular flexibility index (Phi) is 7.20. The highest BCUT2D eigenvalue weighted by molar-refractivity contribution is 6.42. The van der Waals surface area contributed by atoms with E-state index in [1.807, 2.05) is 6.07 Å². The highest BCUT2D eigenvalue weighted by atomic mass is 16.5. The molecule has 0 spiro atoms. The molecule has 1 saturated carbocycles. The second kappa shape index (κ2) is 10.1. The highest BCUT2D eigenvalue weighted by Gasteiger charge is 2.40. The number of rotatable bonds is 8. The number of amidine groups is 1. The third kappa shape index (κ3) is 5.31. The molecule has 1 aliphatic carbocycles. The molecule has 8 nitrogen and oxygen atoms in total. The summed E-state index contributed by atoms with van der Waals surface area (Å²) in [5, 5.41) is 15.0. The van der Waals surface area contributed by atoms with Crippen molar-refractivity contribution in [2.24, 2.45) is 10.9 Å². The number of benzene rings is 1. The van der Waals surface area contributed by atoms with Gasteiger partial charge in [0.25, 0.3) is 5.91 Å². The molecule has 2 aliphatic heterocycles. The molecule has 4 rings (SSSR count). The van der Waals surface area contributed by atoms with Gasteiger partial charge in [-0.1, -0.05) is 13.0 Å². The maximum absolute atomic E-state index is 12.9. The maximum Gasteiger partial charge on any atom is 0.290 e. The summed E-state index contributed by atoms with van der Waals surface area (Å²) in [4.78, 5) is 21.6. The molecule has 178 valence electrons. The van der Waals surface area contributed by atoms with Crippen LogP contribution in [0.25, 0.3) is 0 Å². The second-order valence-corrected chi connectivity index (χ2v) is 9.87. The van der Waals surface area contributed by atoms with Crippen LogP contribution in [0.2, 0.25) is 0 Å². The number of ether oxygens (including phenoxy) is 1. The predicted octanol–water partition coefficient (Wildman–Crippen LogP) is 2.71. The lowest BCUT2D eigenvalue weighted by Gasteiger charge is -2.43. The first-order chi connectivity index (χ1) is 15.9. The number of hydrogen-bond donors (Lipinski definition) is 2. The van der Waals surface area contributed by atoms with Crippen LogP contribution in [-0.4, -0.2) is 69.6 Å². The molecule has 1 saturated heterocycles. The minimum atomic E-state index is -0.436. The van der Waals surface area contributed by atoms with Crippen LogP contribution in [0.1, 0.15) is 44.6 Å². The van der Waals surface area contributed by atoms with Gasteiger partial charge in [0.05, 0.1) is 36.2 Å². The minimum absolute atomic E-state index is 0.228. The van der Waals surface area contributed by atoms with Gasteiger partial charge in [-0.2, -0.15) is 5.26 Å². The van der Waals surface area contributed by atoms with E-state index in [-0.39, 0.29) is 17.3 Å². The SMILES string of the molecule is CC1CCN(c2cc(C3(OCCN(C)C)CCC3)ccc2NC(=O)C2=NCC(C#N)N2)CC1. The van der Waals surface area contributed by atoms with E-state index < -0.39 is 6.04 Å². The van der Waals surface area contributed by atoms with E-state index in [1.54, 1.807) is 0 Å². The average molecular weight is 453 g/mol. The number of carbonyl (C=O) groups excluding carboxylic acids is 1. The first-order valence-corrected chi connectivity index (χ1v) is 12.1. The molecule has 1 aromatic rings. The summed E-state index contributed by atoms with van der Waals surface area (Å²) >= 11 is 0. The Hall–Kier alpha value is -2.63. The number of piperidine rings is 1. The van der Waals surface area contributed by atoms with Gasteiger partial charge in [0.1, 0.15) is 6.04 Å². The molecular weight excluding hydrogens is 416 g/mol. The topological polar surface area (TPSA) is 93.0 Å². The third-order valence-corrected chi connectivity index (χ3v) is 7.09. The predicted molar refractivity (Wildman–Crippen MR) is 131 cm³/mol. The number of anilines is 2. The van der Waals surface area contributed by atoms with E-state index in [0.717, 1.165) is 62.6 Å². The van der Waals surface area contributed by atoms with Crippen molar-refractivity contribution in [3.63, 3.8) is 0 Å². The fourth-order valence-corrected chi connectivity index (χ4v) is 4.70. The Bertz CT molecular complexity index is 925. The molecule has 2 fully saturated rings. The molecule has 1 aromatic carbocycles. The van der Waals surface area contributed by atoms with Crippen molar-refractivity contribution < 1.29 is 9.53 Å². The average Bonchev–Trinajstić information content (AvgIpc) is 3.26. The first kappa shape index (κ1) is 23.5.